The topological polar surface area (TPSA) is 58.6 Å². The number of amides is 1. The third-order valence-corrected chi connectivity index (χ3v) is 6.42. The second kappa shape index (κ2) is 8.73. The predicted octanol–water partition coefficient (Wildman–Crippen LogP) is 4.23. The maximum absolute atomic E-state index is 13.2. The van der Waals surface area contributed by atoms with Gasteiger partial charge in [-0.15, -0.1) is 0 Å². The fourth-order valence-corrected chi connectivity index (χ4v) is 4.66. The summed E-state index contributed by atoms with van der Waals surface area (Å²) in [5.74, 6) is 0.849. The van der Waals surface area contributed by atoms with Gasteiger partial charge in [-0.05, 0) is 30.3 Å². The van der Waals surface area contributed by atoms with Crippen LogP contribution >= 0.6 is 11.3 Å². The monoisotopic (exact) mass is 430 g/mol. The number of ether oxygens (including phenoxy) is 1. The predicted molar refractivity (Wildman–Crippen MR) is 123 cm³/mol. The molecule has 1 amide bonds. The number of hydrogen-bond donors (Lipinski definition) is 0. The van der Waals surface area contributed by atoms with Crippen molar-refractivity contribution in [1.82, 2.24) is 14.9 Å². The van der Waals surface area contributed by atoms with Crippen LogP contribution in [0, 0.1) is 0 Å². The van der Waals surface area contributed by atoms with Crippen LogP contribution in [0.2, 0.25) is 0 Å². The molecule has 1 saturated heterocycles. The molecule has 3 heterocycles. The Morgan fingerprint density at radius 3 is 2.52 bits per heavy atom. The first-order valence-corrected chi connectivity index (χ1v) is 11.1. The molecule has 0 aliphatic carbocycles. The summed E-state index contributed by atoms with van der Waals surface area (Å²) in [7, 11) is 0. The largest absolute Gasteiger partial charge is 0.489 e. The first kappa shape index (κ1) is 19.5. The highest BCUT2D eigenvalue weighted by Gasteiger charge is 2.25. The number of carbonyl (C=O) groups is 1. The molecule has 5 rings (SSSR count). The van der Waals surface area contributed by atoms with Gasteiger partial charge in [0.25, 0.3) is 5.91 Å². The first-order chi connectivity index (χ1) is 15.3. The van der Waals surface area contributed by atoms with Crippen LogP contribution in [0.15, 0.2) is 72.9 Å². The zero-order valence-electron chi connectivity index (χ0n) is 17.0. The molecule has 0 unspecified atom stereocenters. The van der Waals surface area contributed by atoms with Crippen LogP contribution < -0.4 is 9.64 Å². The molecule has 7 heteroatoms. The molecular weight excluding hydrogens is 408 g/mol. The van der Waals surface area contributed by atoms with Crippen molar-refractivity contribution in [2.45, 2.75) is 6.61 Å². The van der Waals surface area contributed by atoms with Gasteiger partial charge in [-0.25, -0.2) is 9.97 Å². The molecule has 2 aromatic carbocycles. The fraction of sp³-hybridized carbons (Fsp3) is 0.208. The summed E-state index contributed by atoms with van der Waals surface area (Å²) in [6.07, 6.45) is 1.79. The van der Waals surface area contributed by atoms with Crippen LogP contribution in [0.1, 0.15) is 15.9 Å². The summed E-state index contributed by atoms with van der Waals surface area (Å²) in [5.41, 5.74) is 2.53. The van der Waals surface area contributed by atoms with Crippen LogP contribution in [0.25, 0.3) is 10.3 Å². The molecule has 0 saturated carbocycles. The molecule has 6 nitrogen and oxygen atoms in total. The smallest absolute Gasteiger partial charge is 0.254 e. The van der Waals surface area contributed by atoms with Gasteiger partial charge in [0, 0.05) is 43.5 Å². The minimum absolute atomic E-state index is 0.0536. The van der Waals surface area contributed by atoms with E-state index in [1.54, 1.807) is 17.5 Å². The van der Waals surface area contributed by atoms with E-state index in [4.69, 9.17) is 9.72 Å². The number of carbonyl (C=O) groups excluding carboxylic acids is 1. The molecule has 2 aromatic heterocycles. The number of pyridine rings is 1. The number of rotatable bonds is 5. The van der Waals surface area contributed by atoms with Gasteiger partial charge < -0.3 is 14.5 Å². The molecule has 0 radical (unpaired) electrons. The van der Waals surface area contributed by atoms with E-state index in [2.05, 4.69) is 9.88 Å². The molecule has 0 spiro atoms. The van der Waals surface area contributed by atoms with Gasteiger partial charge in [0.05, 0.1) is 0 Å². The lowest BCUT2D eigenvalue weighted by atomic mass is 10.1. The summed E-state index contributed by atoms with van der Waals surface area (Å²) < 4.78 is 5.88. The number of thiazole rings is 1. The Kier molecular flexibility index (Phi) is 5.50. The SMILES string of the molecule is O=C(c1ccccc1COc1ccccc1)N1CCN(c2nc3cccnc3s2)CC1. The number of aromatic nitrogens is 2. The lowest BCUT2D eigenvalue weighted by Gasteiger charge is -2.34. The molecule has 1 aliphatic heterocycles. The van der Waals surface area contributed by atoms with E-state index in [1.807, 2.05) is 71.6 Å². The number of hydrogen-bond acceptors (Lipinski definition) is 6. The van der Waals surface area contributed by atoms with Crippen molar-refractivity contribution in [3.05, 3.63) is 84.1 Å². The second-order valence-electron chi connectivity index (χ2n) is 7.36. The average Bonchev–Trinajstić information content (AvgIpc) is 3.28. The molecule has 0 atom stereocenters. The molecular formula is C24H22N4O2S. The Labute approximate surface area is 184 Å². The number of para-hydroxylation sites is 1. The van der Waals surface area contributed by atoms with E-state index in [0.717, 1.165) is 39.9 Å². The lowest BCUT2D eigenvalue weighted by molar-refractivity contribution is 0.0744. The number of fused-ring (bicyclic) bond motifs is 1. The van der Waals surface area contributed by atoms with Crippen molar-refractivity contribution in [3.8, 4) is 5.75 Å². The van der Waals surface area contributed by atoms with Crippen molar-refractivity contribution in [3.63, 3.8) is 0 Å². The molecule has 4 aromatic rings. The number of piperazine rings is 1. The van der Waals surface area contributed by atoms with Crippen molar-refractivity contribution >= 4 is 32.7 Å². The molecule has 156 valence electrons. The van der Waals surface area contributed by atoms with Gasteiger partial charge in [-0.1, -0.05) is 47.7 Å². The zero-order valence-corrected chi connectivity index (χ0v) is 17.8. The normalized spacial score (nSPS) is 14.1. The zero-order chi connectivity index (χ0) is 21.0. The van der Waals surface area contributed by atoms with Crippen LogP contribution in [-0.2, 0) is 6.61 Å². The van der Waals surface area contributed by atoms with Crippen LogP contribution in [0.5, 0.6) is 5.75 Å². The molecule has 0 N–H and O–H groups in total. The Morgan fingerprint density at radius 1 is 0.935 bits per heavy atom. The van der Waals surface area contributed by atoms with Gasteiger partial charge in [0.2, 0.25) is 0 Å². The molecule has 1 aliphatic rings. The van der Waals surface area contributed by atoms with E-state index in [0.29, 0.717) is 25.3 Å². The standard InChI is InChI=1S/C24H22N4O2S/c29-23(20-10-5-4-7-18(20)17-30-19-8-2-1-3-9-19)27-13-15-28(16-14-27)24-26-21-11-6-12-25-22(21)31-24/h1-12H,13-17H2. The van der Waals surface area contributed by atoms with Gasteiger partial charge in [0.1, 0.15) is 22.7 Å². The van der Waals surface area contributed by atoms with Crippen molar-refractivity contribution in [2.24, 2.45) is 0 Å². The minimum Gasteiger partial charge on any atom is -0.489 e. The maximum atomic E-state index is 13.2. The summed E-state index contributed by atoms with van der Waals surface area (Å²) >= 11 is 1.60. The van der Waals surface area contributed by atoms with E-state index >= 15 is 0 Å². The van der Waals surface area contributed by atoms with Crippen molar-refractivity contribution in [1.29, 1.82) is 0 Å². The Bertz CT molecular complexity index is 1150. The molecule has 1 fully saturated rings. The quantitative estimate of drug-likeness (QED) is 0.474. The molecule has 0 bridgehead atoms. The van der Waals surface area contributed by atoms with E-state index in [-0.39, 0.29) is 5.91 Å². The Hall–Kier alpha value is -3.45. The van der Waals surface area contributed by atoms with E-state index < -0.39 is 0 Å². The number of benzene rings is 2. The van der Waals surface area contributed by atoms with E-state index in [9.17, 15) is 4.79 Å². The highest BCUT2D eigenvalue weighted by atomic mass is 32.1. The summed E-state index contributed by atoms with van der Waals surface area (Å²) in [5, 5.41) is 0.970. The van der Waals surface area contributed by atoms with Gasteiger partial charge >= 0.3 is 0 Å². The second-order valence-corrected chi connectivity index (χ2v) is 8.32. The minimum atomic E-state index is 0.0536. The van der Waals surface area contributed by atoms with Crippen LogP contribution in [-0.4, -0.2) is 47.0 Å². The van der Waals surface area contributed by atoms with Gasteiger partial charge in [-0.2, -0.15) is 0 Å². The van der Waals surface area contributed by atoms with Crippen LogP contribution in [0.3, 0.4) is 0 Å². The van der Waals surface area contributed by atoms with Gasteiger partial charge in [-0.3, -0.25) is 4.79 Å². The summed E-state index contributed by atoms with van der Waals surface area (Å²) in [6.45, 7) is 3.21. The van der Waals surface area contributed by atoms with Gasteiger partial charge in [0.15, 0.2) is 5.13 Å². The Morgan fingerprint density at radius 2 is 1.71 bits per heavy atom. The third-order valence-electron chi connectivity index (χ3n) is 5.38. The lowest BCUT2D eigenvalue weighted by Crippen LogP contribution is -2.49. The number of nitrogens with zero attached hydrogens (tertiary/aromatic N) is 4. The highest BCUT2D eigenvalue weighted by Crippen LogP contribution is 2.28. The maximum Gasteiger partial charge on any atom is 0.254 e. The highest BCUT2D eigenvalue weighted by molar-refractivity contribution is 7.21. The third kappa shape index (κ3) is 4.22. The fourth-order valence-electron chi connectivity index (χ4n) is 3.70. The van der Waals surface area contributed by atoms with Crippen molar-refractivity contribution < 1.29 is 9.53 Å². The van der Waals surface area contributed by atoms with Crippen LogP contribution in [0.4, 0.5) is 5.13 Å². The van der Waals surface area contributed by atoms with E-state index in [1.165, 1.54) is 0 Å². The molecule has 31 heavy (non-hydrogen) atoms. The first-order valence-electron chi connectivity index (χ1n) is 10.3. The number of anilines is 1. The summed E-state index contributed by atoms with van der Waals surface area (Å²) in [4.78, 5) is 27.4. The van der Waals surface area contributed by atoms with Crippen molar-refractivity contribution in [2.75, 3.05) is 31.1 Å². The average molecular weight is 431 g/mol. The summed E-state index contributed by atoms with van der Waals surface area (Å²) in [6, 6.07) is 21.2. The Balaban J connectivity index is 1.25.